The summed E-state index contributed by atoms with van der Waals surface area (Å²) in [5.74, 6) is 1.79. The van der Waals surface area contributed by atoms with Gasteiger partial charge in [-0.05, 0) is 45.0 Å². The van der Waals surface area contributed by atoms with Crippen molar-refractivity contribution in [1.82, 2.24) is 5.32 Å². The Hall–Kier alpha value is -1.59. The molecule has 0 bridgehead atoms. The van der Waals surface area contributed by atoms with Crippen LogP contribution in [0, 0.1) is 0 Å². The van der Waals surface area contributed by atoms with Crippen molar-refractivity contribution < 1.29 is 14.1 Å². The van der Waals surface area contributed by atoms with Gasteiger partial charge in [-0.15, -0.1) is 0 Å². The largest absolute Gasteiger partial charge is 0.455 e. The number of benzene rings is 1. The lowest BCUT2D eigenvalue weighted by atomic mass is 10.2. The van der Waals surface area contributed by atoms with Gasteiger partial charge in [0, 0.05) is 16.1 Å². The smallest absolute Gasteiger partial charge is 0.278 e. The van der Waals surface area contributed by atoms with Crippen molar-refractivity contribution in [2.24, 2.45) is 0 Å². The van der Waals surface area contributed by atoms with E-state index in [0.717, 1.165) is 26.5 Å². The molecule has 2 aromatic rings. The second-order valence-corrected chi connectivity index (χ2v) is 7.10. The molecule has 23 heavy (non-hydrogen) atoms. The highest BCUT2D eigenvalue weighted by Crippen LogP contribution is 2.23. The van der Waals surface area contributed by atoms with Gasteiger partial charge in [0.1, 0.15) is 12.3 Å². The van der Waals surface area contributed by atoms with Gasteiger partial charge in [-0.3, -0.25) is 4.79 Å². The average Bonchev–Trinajstić information content (AvgIpc) is 2.94. The molecule has 0 aliphatic heterocycles. The van der Waals surface area contributed by atoms with Gasteiger partial charge in [-0.25, -0.2) is 0 Å². The van der Waals surface area contributed by atoms with Crippen molar-refractivity contribution >= 4 is 21.8 Å². The first kappa shape index (κ1) is 17.8. The highest BCUT2D eigenvalue weighted by atomic mass is 79.9. The minimum absolute atomic E-state index is 0.0668. The molecule has 0 saturated carbocycles. The number of quaternary nitrogens is 1. The van der Waals surface area contributed by atoms with E-state index in [-0.39, 0.29) is 18.0 Å². The average molecular weight is 380 g/mol. The minimum Gasteiger partial charge on any atom is -0.455 e. The number of rotatable bonds is 6. The zero-order valence-corrected chi connectivity index (χ0v) is 15.6. The van der Waals surface area contributed by atoms with E-state index in [1.54, 1.807) is 0 Å². The summed E-state index contributed by atoms with van der Waals surface area (Å²) in [6.45, 7) is 6.54. The lowest BCUT2D eigenvalue weighted by Gasteiger charge is -2.21. The Morgan fingerprint density at radius 2 is 1.83 bits per heavy atom. The third-order valence-electron chi connectivity index (χ3n) is 3.81. The molecule has 0 aliphatic rings. The van der Waals surface area contributed by atoms with E-state index < -0.39 is 0 Å². The number of amides is 1. The van der Waals surface area contributed by atoms with E-state index in [1.165, 1.54) is 0 Å². The van der Waals surface area contributed by atoms with Gasteiger partial charge in [-0.2, -0.15) is 0 Å². The Bertz CT molecular complexity index is 649. The number of furan rings is 1. The van der Waals surface area contributed by atoms with Crippen molar-refractivity contribution in [2.45, 2.75) is 39.4 Å². The number of carbonyl (C=O) groups excluding carboxylic acids is 1. The number of hydrogen-bond acceptors (Lipinski definition) is 2. The molecule has 2 atom stereocenters. The summed E-state index contributed by atoms with van der Waals surface area (Å²) in [6.07, 6.45) is 0. The predicted molar refractivity (Wildman–Crippen MR) is 95.2 cm³/mol. The van der Waals surface area contributed by atoms with Crippen LogP contribution in [0.3, 0.4) is 0 Å². The number of carbonyl (C=O) groups is 1. The molecular weight excluding hydrogens is 356 g/mol. The van der Waals surface area contributed by atoms with Crippen molar-refractivity contribution in [3.8, 4) is 11.3 Å². The Morgan fingerprint density at radius 1 is 1.17 bits per heavy atom. The van der Waals surface area contributed by atoms with Crippen LogP contribution in [-0.2, 0) is 11.3 Å². The summed E-state index contributed by atoms with van der Waals surface area (Å²) in [4.78, 5) is 13.2. The first-order valence-electron chi connectivity index (χ1n) is 7.84. The molecule has 5 heteroatoms. The summed E-state index contributed by atoms with van der Waals surface area (Å²) in [5.41, 5.74) is 1.04. The second-order valence-electron chi connectivity index (χ2n) is 6.18. The second kappa shape index (κ2) is 7.79. The van der Waals surface area contributed by atoms with Crippen LogP contribution in [-0.4, -0.2) is 25.0 Å². The van der Waals surface area contributed by atoms with Crippen molar-refractivity contribution in [3.63, 3.8) is 0 Å². The molecule has 1 aromatic carbocycles. The third-order valence-corrected chi connectivity index (χ3v) is 4.34. The topological polar surface area (TPSA) is 46.7 Å². The van der Waals surface area contributed by atoms with E-state index in [2.05, 4.69) is 21.2 Å². The molecule has 1 amide bonds. The monoisotopic (exact) mass is 379 g/mol. The van der Waals surface area contributed by atoms with Crippen molar-refractivity contribution in [1.29, 1.82) is 0 Å². The molecule has 1 aromatic heterocycles. The molecule has 124 valence electrons. The minimum atomic E-state index is -0.126. The van der Waals surface area contributed by atoms with Gasteiger partial charge < -0.3 is 14.6 Å². The fourth-order valence-corrected chi connectivity index (χ4v) is 2.57. The molecule has 0 radical (unpaired) electrons. The number of nitrogens with one attached hydrogen (secondary N) is 2. The molecular formula is C18H24BrN2O2+. The van der Waals surface area contributed by atoms with Crippen LogP contribution < -0.4 is 10.2 Å². The first-order chi connectivity index (χ1) is 10.9. The van der Waals surface area contributed by atoms with Gasteiger partial charge in [0.15, 0.2) is 11.8 Å². The lowest BCUT2D eigenvalue weighted by molar-refractivity contribution is -0.909. The van der Waals surface area contributed by atoms with Crippen LogP contribution in [0.15, 0.2) is 45.3 Å². The predicted octanol–water partition coefficient (Wildman–Crippen LogP) is 2.64. The van der Waals surface area contributed by atoms with Gasteiger partial charge in [0.05, 0.1) is 7.05 Å². The van der Waals surface area contributed by atoms with E-state index in [0.29, 0.717) is 6.54 Å². The molecule has 4 nitrogen and oxygen atoms in total. The van der Waals surface area contributed by atoms with Gasteiger partial charge in [0.25, 0.3) is 5.91 Å². The number of hydrogen-bond donors (Lipinski definition) is 2. The van der Waals surface area contributed by atoms with Crippen molar-refractivity contribution in [2.75, 3.05) is 7.05 Å². The van der Waals surface area contributed by atoms with Crippen molar-refractivity contribution in [3.05, 3.63) is 46.6 Å². The standard InChI is InChI=1S/C18H23BrN2O2/c1-12(2)20-18(22)13(3)21(4)11-16-9-10-17(23-16)14-5-7-15(19)8-6-14/h5-10,12-13H,11H2,1-4H3,(H,20,22)/p+1/t13-/m1/s1. The maximum Gasteiger partial charge on any atom is 0.278 e. The zero-order valence-electron chi connectivity index (χ0n) is 14.0. The Kier molecular flexibility index (Phi) is 6.02. The Balaban J connectivity index is 2.01. The van der Waals surface area contributed by atoms with Crippen LogP contribution in [0.4, 0.5) is 0 Å². The van der Waals surface area contributed by atoms with E-state index >= 15 is 0 Å². The fourth-order valence-electron chi connectivity index (χ4n) is 2.30. The van der Waals surface area contributed by atoms with E-state index in [9.17, 15) is 4.79 Å². The van der Waals surface area contributed by atoms with Gasteiger partial charge >= 0.3 is 0 Å². The van der Waals surface area contributed by atoms with Crippen LogP contribution in [0.1, 0.15) is 26.5 Å². The van der Waals surface area contributed by atoms with Gasteiger partial charge in [-0.1, -0.05) is 28.1 Å². The molecule has 0 fully saturated rings. The highest BCUT2D eigenvalue weighted by molar-refractivity contribution is 9.10. The molecule has 1 unspecified atom stereocenters. The molecule has 0 spiro atoms. The SMILES string of the molecule is CC(C)NC(=O)[C@@H](C)[NH+](C)Cc1ccc(-c2ccc(Br)cc2)o1. The normalized spacial score (nSPS) is 13.8. The Morgan fingerprint density at radius 3 is 2.43 bits per heavy atom. The molecule has 2 N–H and O–H groups in total. The molecule has 0 saturated heterocycles. The summed E-state index contributed by atoms with van der Waals surface area (Å²) in [5, 5.41) is 2.95. The molecule has 0 aliphatic carbocycles. The summed E-state index contributed by atoms with van der Waals surface area (Å²) in [7, 11) is 2.01. The van der Waals surface area contributed by atoms with Gasteiger partial charge in [0.2, 0.25) is 0 Å². The number of halogens is 1. The third kappa shape index (κ3) is 4.94. The van der Waals surface area contributed by atoms with Crippen LogP contribution >= 0.6 is 15.9 Å². The van der Waals surface area contributed by atoms with E-state index in [1.807, 2.05) is 64.2 Å². The first-order valence-corrected chi connectivity index (χ1v) is 8.63. The highest BCUT2D eigenvalue weighted by Gasteiger charge is 2.23. The number of likely N-dealkylation sites (N-methyl/N-ethyl adjacent to an activating group) is 1. The molecule has 2 rings (SSSR count). The fraction of sp³-hybridized carbons (Fsp3) is 0.389. The maximum atomic E-state index is 12.1. The van der Waals surface area contributed by atoms with Crippen LogP contribution in [0.5, 0.6) is 0 Å². The Labute approximate surface area is 146 Å². The quantitative estimate of drug-likeness (QED) is 0.810. The van der Waals surface area contributed by atoms with Crippen LogP contribution in [0.2, 0.25) is 0 Å². The lowest BCUT2D eigenvalue weighted by Crippen LogP contribution is -3.12. The zero-order chi connectivity index (χ0) is 17.0. The molecule has 1 heterocycles. The van der Waals surface area contributed by atoms with Crippen LogP contribution in [0.25, 0.3) is 11.3 Å². The summed E-state index contributed by atoms with van der Waals surface area (Å²) in [6, 6.07) is 12.0. The summed E-state index contributed by atoms with van der Waals surface area (Å²) < 4.78 is 6.97. The summed E-state index contributed by atoms with van der Waals surface area (Å²) >= 11 is 3.43. The maximum absolute atomic E-state index is 12.1. The van der Waals surface area contributed by atoms with E-state index in [4.69, 9.17) is 4.42 Å².